The first-order valence-electron chi connectivity index (χ1n) is 10.1. The standard InChI is InChI=1S/C22H21N7O3.ClH/c1-12-8-13(32-14-9-24-10-14)6-7-17(12)29(21(31)19-18(20(23)30)25-11-26-19)22-27-15-4-2-3-5-16(15)28-22;/h2-8,11,14,24H,9-10H2,1H3,(H2,23,30)(H,25,26)(H,27,28);1H. The van der Waals surface area contributed by atoms with Crippen molar-refractivity contribution in [2.24, 2.45) is 5.73 Å². The SMILES string of the molecule is Cc1cc(OC2CNC2)ccc1N(C(=O)c1nc[nH]c1C(N)=O)c1nc2ccccc2[nH]1.Cl. The fraction of sp³-hybridized carbons (Fsp3) is 0.182. The molecule has 0 unspecified atom stereocenters. The Balaban J connectivity index is 0.00000259. The molecular weight excluding hydrogens is 446 g/mol. The molecule has 0 radical (unpaired) electrons. The van der Waals surface area contributed by atoms with E-state index in [1.807, 2.05) is 43.3 Å². The van der Waals surface area contributed by atoms with E-state index in [1.54, 1.807) is 6.07 Å². The van der Waals surface area contributed by atoms with Gasteiger partial charge in [-0.25, -0.2) is 14.9 Å². The number of ether oxygens (including phenoxy) is 1. The molecule has 1 aliphatic heterocycles. The molecule has 0 atom stereocenters. The second-order valence-corrected chi connectivity index (χ2v) is 7.55. The number of H-pyrrole nitrogens is 2. The van der Waals surface area contributed by atoms with Gasteiger partial charge in [-0.3, -0.25) is 9.59 Å². The van der Waals surface area contributed by atoms with Gasteiger partial charge in [0.05, 0.1) is 23.0 Å². The van der Waals surface area contributed by atoms with E-state index in [9.17, 15) is 9.59 Å². The van der Waals surface area contributed by atoms with Gasteiger partial charge in [0, 0.05) is 13.1 Å². The van der Waals surface area contributed by atoms with Gasteiger partial charge < -0.3 is 25.8 Å². The number of carbonyl (C=O) groups is 2. The van der Waals surface area contributed by atoms with E-state index in [0.717, 1.165) is 24.2 Å². The lowest BCUT2D eigenvalue weighted by molar-refractivity contribution is 0.0961. The first kappa shape index (κ1) is 22.3. The van der Waals surface area contributed by atoms with Crippen molar-refractivity contribution in [1.82, 2.24) is 25.3 Å². The predicted octanol–water partition coefficient (Wildman–Crippen LogP) is 2.44. The van der Waals surface area contributed by atoms with Crippen LogP contribution < -0.4 is 20.7 Å². The summed E-state index contributed by atoms with van der Waals surface area (Å²) in [6, 6.07) is 12.9. The Kier molecular flexibility index (Phi) is 6.03. The van der Waals surface area contributed by atoms with Crippen molar-refractivity contribution in [3.8, 4) is 5.75 Å². The van der Waals surface area contributed by atoms with Gasteiger partial charge >= 0.3 is 0 Å². The third-order valence-electron chi connectivity index (χ3n) is 5.34. The number of aromatic nitrogens is 4. The highest BCUT2D eigenvalue weighted by molar-refractivity contribution is 6.14. The molecule has 1 saturated heterocycles. The highest BCUT2D eigenvalue weighted by Gasteiger charge is 2.29. The summed E-state index contributed by atoms with van der Waals surface area (Å²) in [7, 11) is 0. The number of para-hydroxylation sites is 2. The van der Waals surface area contributed by atoms with Crippen LogP contribution in [0.5, 0.6) is 5.75 Å². The zero-order valence-electron chi connectivity index (χ0n) is 17.7. The number of hydrogen-bond acceptors (Lipinski definition) is 6. The van der Waals surface area contributed by atoms with Crippen LogP contribution in [0.25, 0.3) is 11.0 Å². The number of nitrogens with zero attached hydrogens (tertiary/aromatic N) is 3. The summed E-state index contributed by atoms with van der Waals surface area (Å²) in [4.78, 5) is 41.3. The van der Waals surface area contributed by atoms with Crippen LogP contribution in [-0.4, -0.2) is 50.9 Å². The number of imidazole rings is 2. The number of aromatic amines is 2. The summed E-state index contributed by atoms with van der Waals surface area (Å²) in [6.45, 7) is 3.49. The lowest BCUT2D eigenvalue weighted by atomic mass is 10.1. The maximum absolute atomic E-state index is 13.6. The number of amides is 2. The molecule has 2 aromatic carbocycles. The number of aryl methyl sites for hydroxylation is 1. The normalized spacial score (nSPS) is 13.2. The molecule has 0 aliphatic carbocycles. The van der Waals surface area contributed by atoms with Crippen LogP contribution in [0, 0.1) is 6.92 Å². The van der Waals surface area contributed by atoms with Crippen molar-refractivity contribution in [2.45, 2.75) is 13.0 Å². The zero-order valence-corrected chi connectivity index (χ0v) is 18.5. The van der Waals surface area contributed by atoms with E-state index in [2.05, 4.69) is 25.3 Å². The summed E-state index contributed by atoms with van der Waals surface area (Å²) in [5.74, 6) is -0.300. The van der Waals surface area contributed by atoms with Gasteiger partial charge in [-0.1, -0.05) is 12.1 Å². The molecule has 11 heteroatoms. The Morgan fingerprint density at radius 3 is 2.64 bits per heavy atom. The Hall–Kier alpha value is -3.89. The number of benzene rings is 2. The molecule has 170 valence electrons. The highest BCUT2D eigenvalue weighted by Crippen LogP contribution is 2.32. The summed E-state index contributed by atoms with van der Waals surface area (Å²) < 4.78 is 5.93. The molecule has 2 aromatic heterocycles. The second-order valence-electron chi connectivity index (χ2n) is 7.55. The van der Waals surface area contributed by atoms with Crippen molar-refractivity contribution in [3.63, 3.8) is 0 Å². The van der Waals surface area contributed by atoms with E-state index in [4.69, 9.17) is 10.5 Å². The second kappa shape index (κ2) is 8.93. The average molecular weight is 468 g/mol. The lowest BCUT2D eigenvalue weighted by Crippen LogP contribution is -2.50. The van der Waals surface area contributed by atoms with Crippen LogP contribution in [0.2, 0.25) is 0 Å². The Morgan fingerprint density at radius 1 is 1.18 bits per heavy atom. The molecule has 3 heterocycles. The molecule has 1 aliphatic rings. The van der Waals surface area contributed by atoms with E-state index < -0.39 is 11.8 Å². The first-order valence-corrected chi connectivity index (χ1v) is 10.1. The quantitative estimate of drug-likeness (QED) is 0.343. The first-order chi connectivity index (χ1) is 15.5. The van der Waals surface area contributed by atoms with Gasteiger partial charge in [0.25, 0.3) is 11.8 Å². The van der Waals surface area contributed by atoms with Gasteiger partial charge in [-0.2, -0.15) is 0 Å². The monoisotopic (exact) mass is 467 g/mol. The highest BCUT2D eigenvalue weighted by atomic mass is 35.5. The van der Waals surface area contributed by atoms with Gasteiger partial charge in [0.15, 0.2) is 5.69 Å². The molecule has 4 aromatic rings. The van der Waals surface area contributed by atoms with Crippen LogP contribution in [0.1, 0.15) is 26.5 Å². The number of nitrogens with one attached hydrogen (secondary N) is 3. The van der Waals surface area contributed by atoms with E-state index in [-0.39, 0.29) is 29.9 Å². The van der Waals surface area contributed by atoms with Gasteiger partial charge in [0.1, 0.15) is 17.5 Å². The van der Waals surface area contributed by atoms with Crippen molar-refractivity contribution in [3.05, 3.63) is 65.7 Å². The topological polar surface area (TPSA) is 142 Å². The molecule has 5 N–H and O–H groups in total. The maximum Gasteiger partial charge on any atom is 0.286 e. The minimum absolute atomic E-state index is 0. The Bertz CT molecular complexity index is 1300. The molecular formula is C22H22ClN7O3. The number of primary amides is 1. The fourth-order valence-electron chi connectivity index (χ4n) is 3.61. The number of fused-ring (bicyclic) bond motifs is 1. The molecule has 1 fully saturated rings. The predicted molar refractivity (Wildman–Crippen MR) is 125 cm³/mol. The number of rotatable bonds is 6. The summed E-state index contributed by atoms with van der Waals surface area (Å²) in [5.41, 5.74) is 8.11. The minimum atomic E-state index is -0.773. The largest absolute Gasteiger partial charge is 0.488 e. The molecule has 10 nitrogen and oxygen atoms in total. The number of hydrogen-bond donors (Lipinski definition) is 4. The van der Waals surface area contributed by atoms with Crippen LogP contribution in [-0.2, 0) is 0 Å². The lowest BCUT2D eigenvalue weighted by Gasteiger charge is -2.28. The van der Waals surface area contributed by atoms with Crippen molar-refractivity contribution >= 4 is 46.9 Å². The third-order valence-corrected chi connectivity index (χ3v) is 5.34. The van der Waals surface area contributed by atoms with E-state index in [0.29, 0.717) is 22.9 Å². The third kappa shape index (κ3) is 4.13. The molecule has 2 amide bonds. The molecule has 0 bridgehead atoms. The van der Waals surface area contributed by atoms with Gasteiger partial charge in [0.2, 0.25) is 5.95 Å². The average Bonchev–Trinajstić information content (AvgIpc) is 3.39. The van der Waals surface area contributed by atoms with Crippen LogP contribution in [0.4, 0.5) is 11.6 Å². The van der Waals surface area contributed by atoms with Crippen molar-refractivity contribution in [2.75, 3.05) is 18.0 Å². The van der Waals surface area contributed by atoms with Crippen LogP contribution in [0.15, 0.2) is 48.8 Å². The van der Waals surface area contributed by atoms with E-state index >= 15 is 0 Å². The molecule has 0 spiro atoms. The van der Waals surface area contributed by atoms with Crippen LogP contribution in [0.3, 0.4) is 0 Å². The minimum Gasteiger partial charge on any atom is -0.488 e. The van der Waals surface area contributed by atoms with Crippen LogP contribution >= 0.6 is 12.4 Å². The number of nitrogens with two attached hydrogens (primary N) is 1. The fourth-order valence-corrected chi connectivity index (χ4v) is 3.61. The Labute approximate surface area is 195 Å². The molecule has 33 heavy (non-hydrogen) atoms. The summed E-state index contributed by atoms with van der Waals surface area (Å²) in [6.07, 6.45) is 1.40. The zero-order chi connectivity index (χ0) is 22.2. The Morgan fingerprint density at radius 2 is 1.97 bits per heavy atom. The van der Waals surface area contributed by atoms with Gasteiger partial charge in [-0.05, 0) is 42.8 Å². The summed E-state index contributed by atoms with van der Waals surface area (Å²) >= 11 is 0. The van der Waals surface area contributed by atoms with Crippen molar-refractivity contribution in [1.29, 1.82) is 0 Å². The number of halogens is 1. The smallest absolute Gasteiger partial charge is 0.286 e. The summed E-state index contributed by atoms with van der Waals surface area (Å²) in [5, 5.41) is 3.17. The number of anilines is 2. The number of carbonyl (C=O) groups excluding carboxylic acids is 2. The van der Waals surface area contributed by atoms with E-state index in [1.165, 1.54) is 11.2 Å². The molecule has 0 saturated carbocycles. The van der Waals surface area contributed by atoms with Crippen molar-refractivity contribution < 1.29 is 14.3 Å². The van der Waals surface area contributed by atoms with Gasteiger partial charge in [-0.15, -0.1) is 12.4 Å². The maximum atomic E-state index is 13.6. The molecule has 5 rings (SSSR count).